The first kappa shape index (κ1) is 26.0. The number of benzene rings is 1. The lowest BCUT2D eigenvalue weighted by Crippen LogP contribution is -2.50. The number of carbonyl (C=O) groups excluding carboxylic acids is 3. The van der Waals surface area contributed by atoms with Gasteiger partial charge < -0.3 is 29.3 Å². The quantitative estimate of drug-likeness (QED) is 0.567. The molecule has 35 heavy (non-hydrogen) atoms. The van der Waals surface area contributed by atoms with E-state index in [0.29, 0.717) is 24.5 Å². The molecule has 2 aliphatic heterocycles. The number of hydrogen-bond acceptors (Lipinski definition) is 7. The zero-order valence-electron chi connectivity index (χ0n) is 19.8. The van der Waals surface area contributed by atoms with Gasteiger partial charge in [-0.2, -0.15) is 0 Å². The third-order valence-corrected chi connectivity index (χ3v) is 8.14. The van der Waals surface area contributed by atoms with E-state index < -0.39 is 18.1 Å². The van der Waals surface area contributed by atoms with Gasteiger partial charge in [0.25, 0.3) is 0 Å². The predicted molar refractivity (Wildman–Crippen MR) is 130 cm³/mol. The number of hydrogen-bond donors (Lipinski definition) is 1. The van der Waals surface area contributed by atoms with Gasteiger partial charge in [-0.25, -0.2) is 9.59 Å². The van der Waals surface area contributed by atoms with E-state index in [1.54, 1.807) is 0 Å². The molecule has 9 nitrogen and oxygen atoms in total. The third-order valence-electron chi connectivity index (χ3n) is 7.41. The van der Waals surface area contributed by atoms with Crippen LogP contribution in [-0.2, 0) is 14.3 Å². The Hall–Kier alpha value is -2.07. The van der Waals surface area contributed by atoms with E-state index in [9.17, 15) is 19.5 Å². The fraction of sp³-hybridized carbons (Fsp3) is 0.625. The van der Waals surface area contributed by atoms with E-state index in [4.69, 9.17) is 32.7 Å². The molecule has 11 heteroatoms. The van der Waals surface area contributed by atoms with Crippen LogP contribution in [0, 0.1) is 5.41 Å². The Morgan fingerprint density at radius 3 is 2.57 bits per heavy atom. The molecule has 1 aromatic carbocycles. The van der Waals surface area contributed by atoms with Gasteiger partial charge in [0, 0.05) is 45.2 Å². The molecule has 3 aliphatic rings. The number of methoxy groups -OCH3 is 1. The summed E-state index contributed by atoms with van der Waals surface area (Å²) in [6.45, 7) is 2.58. The fourth-order valence-electron chi connectivity index (χ4n) is 4.92. The average Bonchev–Trinajstić information content (AvgIpc) is 3.64. The van der Waals surface area contributed by atoms with E-state index in [1.165, 1.54) is 35.1 Å². The highest BCUT2D eigenvalue weighted by Crippen LogP contribution is 2.53. The van der Waals surface area contributed by atoms with E-state index in [2.05, 4.69) is 4.90 Å². The fourth-order valence-corrected chi connectivity index (χ4v) is 5.21. The summed E-state index contributed by atoms with van der Waals surface area (Å²) in [6.07, 6.45) is 2.63. The highest BCUT2D eigenvalue weighted by atomic mass is 35.5. The van der Waals surface area contributed by atoms with Crippen molar-refractivity contribution in [2.75, 3.05) is 46.4 Å². The molecule has 0 radical (unpaired) electrons. The number of nitrogens with zero attached hydrogens (tertiary/aromatic N) is 3. The molecule has 2 saturated heterocycles. The first-order valence-corrected chi connectivity index (χ1v) is 12.7. The van der Waals surface area contributed by atoms with E-state index >= 15 is 0 Å². The van der Waals surface area contributed by atoms with Crippen LogP contribution in [0.1, 0.15) is 32.1 Å². The molecule has 0 aromatic heterocycles. The van der Waals surface area contributed by atoms with Gasteiger partial charge in [0.2, 0.25) is 5.91 Å². The summed E-state index contributed by atoms with van der Waals surface area (Å²) >= 11 is 11.9. The van der Waals surface area contributed by atoms with Gasteiger partial charge in [-0.15, -0.1) is 0 Å². The second-order valence-corrected chi connectivity index (χ2v) is 10.3. The molecule has 1 aliphatic carbocycles. The van der Waals surface area contributed by atoms with Crippen molar-refractivity contribution in [3.8, 4) is 5.75 Å². The van der Waals surface area contributed by atoms with Crippen molar-refractivity contribution in [3.05, 3.63) is 28.2 Å². The minimum absolute atomic E-state index is 0.0644. The molecule has 3 fully saturated rings. The molecule has 2 amide bonds. The SMILES string of the molecule is COC(=O)[C@@H](CCN1CCC2(CC2)[C@H](O)C1)N1CCN(C(=O)Oc2ccc(Cl)c(Cl)c2)CCC1=O. The standard InChI is InChI=1S/C24H31Cl2N3O6/c1-34-22(32)19(4-9-27-11-8-24(6-7-24)20(30)15-27)29-13-12-28(10-5-21(29)31)23(33)35-16-2-3-17(25)18(26)14-16/h2-3,14,19-20,30H,4-13,15H2,1H3/t19-,20-/m1/s1. The van der Waals surface area contributed by atoms with E-state index in [0.717, 1.165) is 25.8 Å². The number of ether oxygens (including phenoxy) is 2. The van der Waals surface area contributed by atoms with Crippen LogP contribution < -0.4 is 4.74 Å². The van der Waals surface area contributed by atoms with Crippen LogP contribution in [0.2, 0.25) is 10.0 Å². The Labute approximate surface area is 214 Å². The number of likely N-dealkylation sites (tertiary alicyclic amines) is 1. The molecule has 4 rings (SSSR count). The minimum Gasteiger partial charge on any atom is -0.467 e. The van der Waals surface area contributed by atoms with Gasteiger partial charge in [0.05, 0.1) is 23.3 Å². The van der Waals surface area contributed by atoms with Crippen molar-refractivity contribution in [1.29, 1.82) is 0 Å². The van der Waals surface area contributed by atoms with Gasteiger partial charge >= 0.3 is 12.1 Å². The van der Waals surface area contributed by atoms with Crippen molar-refractivity contribution in [3.63, 3.8) is 0 Å². The zero-order valence-corrected chi connectivity index (χ0v) is 21.3. The summed E-state index contributed by atoms with van der Waals surface area (Å²) < 4.78 is 10.4. The monoisotopic (exact) mass is 527 g/mol. The van der Waals surface area contributed by atoms with Gasteiger partial charge in [-0.05, 0) is 49.8 Å². The number of esters is 1. The zero-order chi connectivity index (χ0) is 25.2. The van der Waals surface area contributed by atoms with Crippen LogP contribution in [0.4, 0.5) is 4.79 Å². The third kappa shape index (κ3) is 6.02. The summed E-state index contributed by atoms with van der Waals surface area (Å²) in [5.74, 6) is -0.455. The molecule has 1 spiro atoms. The number of piperidine rings is 1. The first-order valence-electron chi connectivity index (χ1n) is 11.9. The van der Waals surface area contributed by atoms with E-state index in [-0.39, 0.29) is 54.3 Å². The molecule has 1 N–H and O–H groups in total. The van der Waals surface area contributed by atoms with Crippen LogP contribution in [0.15, 0.2) is 18.2 Å². The smallest absolute Gasteiger partial charge is 0.415 e. The van der Waals surface area contributed by atoms with Crippen LogP contribution >= 0.6 is 23.2 Å². The van der Waals surface area contributed by atoms with Crippen molar-refractivity contribution in [1.82, 2.24) is 14.7 Å². The Morgan fingerprint density at radius 2 is 1.91 bits per heavy atom. The van der Waals surface area contributed by atoms with Crippen molar-refractivity contribution >= 4 is 41.2 Å². The minimum atomic E-state index is -0.757. The maximum atomic E-state index is 12.9. The number of aliphatic hydroxyl groups excluding tert-OH is 1. The molecule has 2 atom stereocenters. The lowest BCUT2D eigenvalue weighted by atomic mass is 9.90. The highest BCUT2D eigenvalue weighted by molar-refractivity contribution is 6.42. The molecule has 192 valence electrons. The summed E-state index contributed by atoms with van der Waals surface area (Å²) in [6, 6.07) is 3.77. The molecule has 0 bridgehead atoms. The number of β-amino-alcohol motifs (C(OH)–C–C–N with tert-alkyl or cyclic N) is 1. The second kappa shape index (κ2) is 10.9. The molecular formula is C24H31Cl2N3O6. The van der Waals surface area contributed by atoms with E-state index in [1.807, 2.05) is 0 Å². The molecule has 1 aromatic rings. The number of aliphatic hydroxyl groups is 1. The Balaban J connectivity index is 1.35. The molecule has 1 saturated carbocycles. The van der Waals surface area contributed by atoms with Gasteiger partial charge in [-0.3, -0.25) is 4.79 Å². The maximum absolute atomic E-state index is 12.9. The van der Waals surface area contributed by atoms with Gasteiger partial charge in [0.15, 0.2) is 0 Å². The van der Waals surface area contributed by atoms with Crippen LogP contribution in [0.3, 0.4) is 0 Å². The second-order valence-electron chi connectivity index (χ2n) is 9.52. The largest absolute Gasteiger partial charge is 0.467 e. The molecule has 0 unspecified atom stereocenters. The van der Waals surface area contributed by atoms with Gasteiger partial charge in [0.1, 0.15) is 11.8 Å². The number of amides is 2. The Bertz CT molecular complexity index is 973. The molecular weight excluding hydrogens is 497 g/mol. The topological polar surface area (TPSA) is 99.6 Å². The number of rotatable bonds is 6. The van der Waals surface area contributed by atoms with Gasteiger partial charge in [-0.1, -0.05) is 23.2 Å². The Kier molecular flexibility index (Phi) is 8.10. The number of carbonyl (C=O) groups is 3. The maximum Gasteiger partial charge on any atom is 0.415 e. The van der Waals surface area contributed by atoms with Crippen molar-refractivity contribution < 1.29 is 29.0 Å². The predicted octanol–water partition coefficient (Wildman–Crippen LogP) is 2.81. The highest BCUT2D eigenvalue weighted by Gasteiger charge is 2.51. The summed E-state index contributed by atoms with van der Waals surface area (Å²) in [4.78, 5) is 43.3. The normalized spacial score (nSPS) is 23.1. The van der Waals surface area contributed by atoms with Crippen LogP contribution in [0.25, 0.3) is 0 Å². The Morgan fingerprint density at radius 1 is 1.14 bits per heavy atom. The lowest BCUT2D eigenvalue weighted by Gasteiger charge is -2.37. The average molecular weight is 528 g/mol. The first-order chi connectivity index (χ1) is 16.7. The number of halogens is 2. The van der Waals surface area contributed by atoms with Crippen molar-refractivity contribution in [2.45, 2.75) is 44.2 Å². The van der Waals surface area contributed by atoms with Crippen molar-refractivity contribution in [2.24, 2.45) is 5.41 Å². The summed E-state index contributed by atoms with van der Waals surface area (Å²) in [7, 11) is 1.31. The van der Waals surface area contributed by atoms with Crippen LogP contribution in [-0.4, -0.2) is 96.3 Å². The molecule has 2 heterocycles. The summed E-state index contributed by atoms with van der Waals surface area (Å²) in [5.41, 5.74) is 0.106. The van der Waals surface area contributed by atoms with Crippen LogP contribution in [0.5, 0.6) is 5.75 Å². The summed E-state index contributed by atoms with van der Waals surface area (Å²) in [5, 5.41) is 11.1. The lowest BCUT2D eigenvalue weighted by molar-refractivity contribution is -0.153.